The van der Waals surface area contributed by atoms with Gasteiger partial charge in [0.15, 0.2) is 17.5 Å². The number of benzene rings is 1. The molecule has 1 saturated heterocycles. The highest BCUT2D eigenvalue weighted by atomic mass is 31.2. The number of halogens is 1. The van der Waals surface area contributed by atoms with E-state index >= 15 is 4.39 Å². The largest absolute Gasteiger partial charge is 0.462 e. The number of nitrogens with zero attached hydrogens (tertiary/aromatic N) is 4. The summed E-state index contributed by atoms with van der Waals surface area (Å²) in [7, 11) is -4.26. The lowest BCUT2D eigenvalue weighted by Gasteiger charge is -2.25. The highest BCUT2D eigenvalue weighted by molar-refractivity contribution is 7.52. The summed E-state index contributed by atoms with van der Waals surface area (Å²) in [6.07, 6.45) is -2.07. The van der Waals surface area contributed by atoms with Crippen LogP contribution in [0.5, 0.6) is 5.75 Å². The number of rotatable bonds is 10. The van der Waals surface area contributed by atoms with Crippen molar-refractivity contribution in [2.45, 2.75) is 63.9 Å². The summed E-state index contributed by atoms with van der Waals surface area (Å²) >= 11 is 0. The van der Waals surface area contributed by atoms with Crippen molar-refractivity contribution in [1.29, 1.82) is 0 Å². The average molecular weight is 553 g/mol. The normalized spacial score (nSPS) is 25.8. The summed E-state index contributed by atoms with van der Waals surface area (Å²) in [6, 6.07) is 7.06. The van der Waals surface area contributed by atoms with E-state index in [0.717, 1.165) is 6.92 Å². The fraction of sp³-hybridized carbons (Fsp3) is 0.478. The molecule has 15 heteroatoms. The Bertz CT molecular complexity index is 1320. The molecule has 0 bridgehead atoms. The third kappa shape index (κ3) is 5.94. The molecule has 3 heterocycles. The van der Waals surface area contributed by atoms with E-state index in [-0.39, 0.29) is 17.3 Å². The summed E-state index contributed by atoms with van der Waals surface area (Å²) in [5.74, 6) is -0.535. The van der Waals surface area contributed by atoms with Gasteiger partial charge in [0.25, 0.3) is 0 Å². The van der Waals surface area contributed by atoms with Gasteiger partial charge in [-0.15, -0.1) is 0 Å². The van der Waals surface area contributed by atoms with Gasteiger partial charge < -0.3 is 24.8 Å². The summed E-state index contributed by atoms with van der Waals surface area (Å²) in [6.45, 7) is 5.38. The standard InChI is InChI=1S/C23H30FN6O7P/c1-13(2)35-20(32)14(3)29-38(33,37-15-8-6-5-7-9-15)34-11-17-18(31)23(4,24)21(36-17)30-12-27-16-10-26-22(25)28-19(16)30/h5-10,12-14,17-18,21,31H,11H2,1-4H3,(H,29,33)(H2,25,26,28)/t14-,17-,18-,21?,23-,38?/m1/s1. The molecule has 0 spiro atoms. The molecule has 0 radical (unpaired) electrons. The van der Waals surface area contributed by atoms with Gasteiger partial charge in [-0.2, -0.15) is 10.1 Å². The molecule has 4 N–H and O–H groups in total. The molecule has 206 valence electrons. The summed E-state index contributed by atoms with van der Waals surface area (Å²) < 4.78 is 52.9. The van der Waals surface area contributed by atoms with Crippen LogP contribution in [0.2, 0.25) is 0 Å². The van der Waals surface area contributed by atoms with Gasteiger partial charge in [-0.3, -0.25) is 13.9 Å². The van der Waals surface area contributed by atoms with Crippen LogP contribution in [0.4, 0.5) is 10.3 Å². The number of hydrogen-bond donors (Lipinski definition) is 3. The third-order valence-electron chi connectivity index (χ3n) is 5.74. The number of aromatic nitrogens is 4. The second-order valence-electron chi connectivity index (χ2n) is 9.25. The lowest BCUT2D eigenvalue weighted by molar-refractivity contribution is -0.149. The van der Waals surface area contributed by atoms with Gasteiger partial charge in [0.1, 0.15) is 29.5 Å². The van der Waals surface area contributed by atoms with Crippen molar-refractivity contribution in [3.8, 4) is 5.75 Å². The predicted octanol–water partition coefficient (Wildman–Crippen LogP) is 2.53. The zero-order chi connectivity index (χ0) is 27.7. The Morgan fingerprint density at radius 3 is 2.71 bits per heavy atom. The number of ether oxygens (including phenoxy) is 2. The molecule has 2 unspecified atom stereocenters. The van der Waals surface area contributed by atoms with Crippen LogP contribution in [0, 0.1) is 0 Å². The Morgan fingerprint density at radius 1 is 1.32 bits per heavy atom. The van der Waals surface area contributed by atoms with Crippen molar-refractivity contribution < 1.29 is 37.4 Å². The number of esters is 1. The van der Waals surface area contributed by atoms with Crippen LogP contribution in [-0.4, -0.2) is 67.2 Å². The van der Waals surface area contributed by atoms with Crippen LogP contribution < -0.4 is 15.3 Å². The van der Waals surface area contributed by atoms with Crippen LogP contribution >= 0.6 is 7.75 Å². The molecule has 2 aromatic heterocycles. The molecule has 4 rings (SSSR count). The van der Waals surface area contributed by atoms with E-state index in [9.17, 15) is 14.5 Å². The number of fused-ring (bicyclic) bond motifs is 1. The van der Waals surface area contributed by atoms with E-state index in [0.29, 0.717) is 5.52 Å². The Balaban J connectivity index is 1.54. The molecule has 0 aliphatic carbocycles. The molecule has 1 aromatic carbocycles. The number of alkyl halides is 1. The number of nitrogens with two attached hydrogens (primary N) is 1. The fourth-order valence-corrected chi connectivity index (χ4v) is 5.37. The molecule has 0 saturated carbocycles. The van der Waals surface area contributed by atoms with Crippen molar-refractivity contribution in [1.82, 2.24) is 24.6 Å². The Labute approximate surface area is 218 Å². The van der Waals surface area contributed by atoms with E-state index in [1.165, 1.54) is 24.0 Å². The Kier molecular flexibility index (Phi) is 8.00. The zero-order valence-electron chi connectivity index (χ0n) is 21.2. The van der Waals surface area contributed by atoms with Crippen LogP contribution in [0.3, 0.4) is 0 Å². The fourth-order valence-electron chi connectivity index (χ4n) is 3.87. The van der Waals surface area contributed by atoms with E-state index < -0.39 is 56.6 Å². The first-order valence-electron chi connectivity index (χ1n) is 11.8. The lowest BCUT2D eigenvalue weighted by atomic mass is 9.98. The van der Waals surface area contributed by atoms with Crippen molar-refractivity contribution in [3.63, 3.8) is 0 Å². The molecule has 0 amide bonds. The topological polar surface area (TPSA) is 173 Å². The summed E-state index contributed by atoms with van der Waals surface area (Å²) in [5, 5.41) is 13.3. The smallest absolute Gasteiger partial charge is 0.459 e. The maximum absolute atomic E-state index is 15.8. The predicted molar refractivity (Wildman–Crippen MR) is 134 cm³/mol. The number of para-hydroxylation sites is 1. The van der Waals surface area contributed by atoms with Crippen molar-refractivity contribution in [3.05, 3.63) is 42.9 Å². The highest BCUT2D eigenvalue weighted by Crippen LogP contribution is 2.48. The number of aliphatic hydroxyl groups is 1. The summed E-state index contributed by atoms with van der Waals surface area (Å²) in [5.41, 5.74) is 3.89. The molecule has 13 nitrogen and oxygen atoms in total. The number of nitrogens with one attached hydrogen (secondary N) is 1. The lowest BCUT2D eigenvalue weighted by Crippen LogP contribution is -2.41. The van der Waals surface area contributed by atoms with Crippen LogP contribution in [0.1, 0.15) is 33.9 Å². The quantitative estimate of drug-likeness (QED) is 0.248. The number of aliphatic hydroxyl groups excluding tert-OH is 1. The maximum Gasteiger partial charge on any atom is 0.459 e. The first kappa shape index (κ1) is 27.9. The van der Waals surface area contributed by atoms with Gasteiger partial charge >= 0.3 is 13.7 Å². The SMILES string of the molecule is CC(C)OC(=O)[C@@H](C)NP(=O)(OC[C@H]1OC(n2cnc3cnc(N)nc32)[C@](C)(F)[C@@H]1O)Oc1ccccc1. The molecular formula is C23H30FN6O7P. The van der Waals surface area contributed by atoms with E-state index in [1.54, 1.807) is 44.2 Å². The molecular weight excluding hydrogens is 522 g/mol. The second kappa shape index (κ2) is 10.9. The number of nitrogen functional groups attached to an aromatic ring is 1. The molecule has 38 heavy (non-hydrogen) atoms. The van der Waals surface area contributed by atoms with Crippen molar-refractivity contribution in [2.24, 2.45) is 0 Å². The minimum atomic E-state index is -4.26. The second-order valence-corrected chi connectivity index (χ2v) is 10.9. The van der Waals surface area contributed by atoms with E-state index in [4.69, 9.17) is 24.3 Å². The number of anilines is 1. The third-order valence-corrected chi connectivity index (χ3v) is 7.38. The number of carbonyl (C=O) groups excluding carboxylic acids is 1. The number of hydrogen-bond acceptors (Lipinski definition) is 11. The zero-order valence-corrected chi connectivity index (χ0v) is 22.1. The van der Waals surface area contributed by atoms with Gasteiger partial charge in [-0.25, -0.2) is 18.9 Å². The molecule has 1 aliphatic rings. The summed E-state index contributed by atoms with van der Waals surface area (Å²) in [4.78, 5) is 24.4. The Morgan fingerprint density at radius 2 is 2.03 bits per heavy atom. The first-order chi connectivity index (χ1) is 17.9. The van der Waals surface area contributed by atoms with Crippen molar-refractivity contribution in [2.75, 3.05) is 12.3 Å². The highest BCUT2D eigenvalue weighted by Gasteiger charge is 2.56. The molecule has 3 aromatic rings. The molecule has 6 atom stereocenters. The monoisotopic (exact) mass is 552 g/mol. The average Bonchev–Trinajstić information content (AvgIpc) is 3.35. The minimum Gasteiger partial charge on any atom is -0.462 e. The number of carbonyl (C=O) groups is 1. The van der Waals surface area contributed by atoms with Crippen LogP contribution in [0.15, 0.2) is 42.9 Å². The molecule has 1 fully saturated rings. The van der Waals surface area contributed by atoms with Crippen molar-refractivity contribution >= 4 is 30.8 Å². The van der Waals surface area contributed by atoms with Crippen LogP contribution in [-0.2, 0) is 23.4 Å². The van der Waals surface area contributed by atoms with Gasteiger partial charge in [-0.1, -0.05) is 18.2 Å². The van der Waals surface area contributed by atoms with Gasteiger partial charge in [0, 0.05) is 0 Å². The van der Waals surface area contributed by atoms with Gasteiger partial charge in [0.2, 0.25) is 5.95 Å². The molecule has 1 aliphatic heterocycles. The Hall–Kier alpha value is -3.16. The number of imidazole rings is 1. The van der Waals surface area contributed by atoms with E-state index in [1.807, 2.05) is 0 Å². The van der Waals surface area contributed by atoms with Gasteiger partial charge in [-0.05, 0) is 39.8 Å². The maximum atomic E-state index is 15.8. The first-order valence-corrected chi connectivity index (χ1v) is 13.4. The van der Waals surface area contributed by atoms with Gasteiger partial charge in [0.05, 0.1) is 25.2 Å². The van der Waals surface area contributed by atoms with Crippen LogP contribution in [0.25, 0.3) is 11.2 Å². The minimum absolute atomic E-state index is 0.0478. The van der Waals surface area contributed by atoms with E-state index in [2.05, 4.69) is 20.0 Å².